The SMILES string of the molecule is CC[C@H](C)[C@@H]([C@@H](CC(=O)N1CCC[C@H]1[C@H](OC)[C@@H](C)C(=O)N[C@@H](Cc1ccccn1)C(=O)NCc1ccc(NC(=O)[C@H](CCCNC(N)=O)NC(=O)[C@@H](NC(=O)CCCN2CCC(C(=O)N[C](C)(C)[AlH2])CC2C(F)(F)F)C(C)C)cc1)OC)N(C)C(=O)[C@@H](NC(=O)[C@H](C(C)C)N(C)C)C(C)C. The molecule has 30 heteroatoms. The molecule has 2 aliphatic heterocycles. The number of methoxy groups -OCH3 is 2. The molecule has 11 amide bonds. The largest absolute Gasteiger partial charge is 0.404 e. The Kier molecular flexibility index (Phi) is 34.9. The number of ether oxygens (including phenoxy) is 2. The third-order valence-electron chi connectivity index (χ3n) is 19.1. The van der Waals surface area contributed by atoms with Gasteiger partial charge in [0.2, 0.25) is 53.2 Å². The maximum Gasteiger partial charge on any atom is 0.404 e. The Morgan fingerprint density at radius 3 is 1.96 bits per heavy atom. The summed E-state index contributed by atoms with van der Waals surface area (Å²) >= 11 is 0.613. The molecule has 2 aromatic rings. The number of primary amides is 1. The molecule has 0 saturated carbocycles. The van der Waals surface area contributed by atoms with Crippen LogP contribution in [0.4, 0.5) is 23.7 Å². The third kappa shape index (κ3) is 27.0. The molecule has 0 spiro atoms. The first-order valence-corrected chi connectivity index (χ1v) is 36.6. The Labute approximate surface area is 603 Å². The van der Waals surface area contributed by atoms with Gasteiger partial charge in [-0.15, -0.1) is 0 Å². The van der Waals surface area contributed by atoms with Gasteiger partial charge in [-0.05, 0) is 130 Å². The topological polar surface area (TPSA) is 337 Å². The van der Waals surface area contributed by atoms with Crippen LogP contribution in [0.25, 0.3) is 0 Å². The number of likely N-dealkylation sites (tertiary alicyclic amines) is 2. The third-order valence-corrected chi connectivity index (χ3v) is 19.3. The van der Waals surface area contributed by atoms with Gasteiger partial charge in [0.15, 0.2) is 0 Å². The number of anilines is 1. The van der Waals surface area contributed by atoms with Crippen molar-refractivity contribution in [2.75, 3.05) is 66.9 Å². The number of rotatable bonds is 39. The molecule has 10 N–H and O–H groups in total. The monoisotopic (exact) mass is 1440 g/mol. The molecule has 2 fully saturated rings. The zero-order valence-electron chi connectivity index (χ0n) is 62.5. The predicted molar refractivity (Wildman–Crippen MR) is 382 cm³/mol. The van der Waals surface area contributed by atoms with Gasteiger partial charge in [-0.2, -0.15) is 13.2 Å². The van der Waals surface area contributed by atoms with Crippen LogP contribution < -0.4 is 48.3 Å². The highest BCUT2D eigenvalue weighted by Crippen LogP contribution is 2.36. The van der Waals surface area contributed by atoms with Gasteiger partial charge in [-0.1, -0.05) is 101 Å². The van der Waals surface area contributed by atoms with Gasteiger partial charge in [0.05, 0.1) is 42.7 Å². The van der Waals surface area contributed by atoms with Gasteiger partial charge in [-0.3, -0.25) is 57.9 Å². The van der Waals surface area contributed by atoms with Crippen LogP contribution in [-0.2, 0) is 65.6 Å². The fraction of sp³-hybridized carbons (Fsp3) is 0.704. The van der Waals surface area contributed by atoms with Crippen LogP contribution in [0.15, 0.2) is 48.7 Å². The van der Waals surface area contributed by atoms with Crippen molar-refractivity contribution in [2.24, 2.45) is 41.2 Å². The number of urea groups is 1. The molecule has 4 rings (SSSR count). The van der Waals surface area contributed by atoms with E-state index in [1.807, 2.05) is 74.4 Å². The summed E-state index contributed by atoms with van der Waals surface area (Å²) in [7, 11) is 8.33. The number of carbonyl (C=O) groups is 10. The Hall–Kier alpha value is -6.97. The van der Waals surface area contributed by atoms with Gasteiger partial charge >= 0.3 is 12.2 Å². The minimum Gasteiger partial charge on any atom is -0.379 e. The number of hydrogen-bond acceptors (Lipinski definition) is 15. The Balaban J connectivity index is 1.43. The predicted octanol–water partition coefficient (Wildman–Crippen LogP) is 3.99. The minimum atomic E-state index is -4.60. The van der Waals surface area contributed by atoms with Crippen molar-refractivity contribution in [1.29, 1.82) is 0 Å². The molecule has 0 aliphatic carbocycles. The molecule has 0 bridgehead atoms. The molecule has 26 nitrogen and oxygen atoms in total. The van der Waals surface area contributed by atoms with Crippen molar-refractivity contribution >= 4 is 81.2 Å². The second-order valence-corrected chi connectivity index (χ2v) is 31.9. The first kappa shape index (κ1) is 86.4. The Morgan fingerprint density at radius 2 is 1.41 bits per heavy atom. The van der Waals surface area contributed by atoms with Crippen molar-refractivity contribution in [3.8, 4) is 0 Å². The minimum absolute atomic E-state index is 0.00870. The number of hydrogen-bond donors (Lipinski definition) is 9. The number of nitrogens with one attached hydrogen (secondary N) is 8. The number of amides is 11. The molecule has 2 unspecified atom stereocenters. The number of alkyl halides is 3. The molecule has 566 valence electrons. The molecule has 13 atom stereocenters. The van der Waals surface area contributed by atoms with Crippen molar-refractivity contribution in [3.05, 3.63) is 59.9 Å². The van der Waals surface area contributed by atoms with E-state index < -0.39 is 137 Å². The summed E-state index contributed by atoms with van der Waals surface area (Å²) in [6.45, 7) is 20.7. The molecule has 1 aromatic carbocycles. The highest BCUT2D eigenvalue weighted by molar-refractivity contribution is 6.16. The van der Waals surface area contributed by atoms with Crippen LogP contribution >= 0.6 is 0 Å². The van der Waals surface area contributed by atoms with E-state index in [4.69, 9.17) is 15.2 Å². The first-order valence-electron chi connectivity index (χ1n) is 35.6. The fourth-order valence-corrected chi connectivity index (χ4v) is 13.7. The molecule has 0 radical (unpaired) electrons. The van der Waals surface area contributed by atoms with E-state index in [1.165, 1.54) is 19.1 Å². The zero-order chi connectivity index (χ0) is 75.8. The summed E-state index contributed by atoms with van der Waals surface area (Å²) in [6, 6.07) is 3.20. The number of nitrogens with zero attached hydrogens (tertiary/aromatic N) is 5. The lowest BCUT2D eigenvalue weighted by Crippen LogP contribution is -2.59. The van der Waals surface area contributed by atoms with Crippen LogP contribution in [0.3, 0.4) is 0 Å². The zero-order valence-corrected chi connectivity index (χ0v) is 64.5. The van der Waals surface area contributed by atoms with E-state index in [0.717, 1.165) is 0 Å². The van der Waals surface area contributed by atoms with Crippen LogP contribution in [0.1, 0.15) is 152 Å². The van der Waals surface area contributed by atoms with Crippen LogP contribution in [0.5, 0.6) is 0 Å². The van der Waals surface area contributed by atoms with Crippen molar-refractivity contribution < 1.29 is 70.6 Å². The van der Waals surface area contributed by atoms with Gasteiger partial charge in [0, 0.05) is 77.2 Å². The molecule has 1 aromatic heterocycles. The number of halogens is 3. The lowest BCUT2D eigenvalue weighted by atomic mass is 9.89. The van der Waals surface area contributed by atoms with E-state index in [0.29, 0.717) is 59.0 Å². The Morgan fingerprint density at radius 1 is 0.752 bits per heavy atom. The average Bonchev–Trinajstić information content (AvgIpc) is 1.74. The van der Waals surface area contributed by atoms with Crippen LogP contribution in [0.2, 0.25) is 0 Å². The van der Waals surface area contributed by atoms with E-state index in [9.17, 15) is 61.1 Å². The van der Waals surface area contributed by atoms with E-state index in [-0.39, 0.29) is 107 Å². The molecule has 2 aliphatic rings. The maximum atomic E-state index is 14.6. The number of likely N-dealkylation sites (N-methyl/N-ethyl adjacent to an activating group) is 2. The second kappa shape index (κ2) is 40.8. The highest BCUT2D eigenvalue weighted by atomic mass is 27.0. The number of carbonyl (C=O) groups excluding carboxylic acids is 10. The number of nitrogens with two attached hydrogens (primary N) is 1. The molecule has 3 heterocycles. The number of pyridine rings is 1. The summed E-state index contributed by atoms with van der Waals surface area (Å²) in [4.78, 5) is 148. The molecular formula is C71H116AlF3N14O12. The highest BCUT2D eigenvalue weighted by Gasteiger charge is 2.49. The van der Waals surface area contributed by atoms with E-state index in [1.54, 1.807) is 86.3 Å². The summed E-state index contributed by atoms with van der Waals surface area (Å²) in [5.74, 6) is -6.71. The van der Waals surface area contributed by atoms with Gasteiger partial charge in [0.1, 0.15) is 30.2 Å². The standard InChI is InChI=1S/C71H114F3N14O12.Al.2H/c1-17-45(10)61(86(14)69(97)59(42(4)5)84-68(96)60(43(6)7)85(12)13)54(99-15)39-57(90)88-35-21-25-53(88)62(100-16)46(11)63(91)82-52(38-50-23-18-19-32-76-50)65(93)78-40-47-27-29-49(30-28-47)80-66(94)51(24-20-33-77-70(75)98)81-67(95)58(41(2)3)83-56(89)26-22-34-87-36-31-48(64(92)79-44(8)9)37-55(87)71(72,73)74;;;/h18-19,23,27-30,32,41-43,45-46,48,51-55,58-62H,17,20-22,24-26,31,33-40H2,1-16H3,(H,78,93)(H,79,92)(H,80,94)(H,81,95)(H,82,91)(H,83,89)(H,84,96)(H3,75,77,98);;;/t45-,46+,48?,51-,52-,53-,54+,55?,58-,59-,60-,61-,62+;;;/m0.../s1. The average molecular weight is 1440 g/mol. The number of piperidine rings is 1. The molecule has 101 heavy (non-hydrogen) atoms. The molecular weight excluding hydrogens is 1320 g/mol. The number of aromatic nitrogens is 1. The maximum absolute atomic E-state index is 14.6. The van der Waals surface area contributed by atoms with Crippen LogP contribution in [0, 0.1) is 35.5 Å². The molecule has 2 saturated heterocycles. The van der Waals surface area contributed by atoms with Crippen molar-refractivity contribution in [1.82, 2.24) is 61.8 Å². The lowest BCUT2D eigenvalue weighted by Gasteiger charge is -2.41. The number of benzene rings is 1. The summed E-state index contributed by atoms with van der Waals surface area (Å²) in [6.07, 6.45) is -2.92. The normalized spacial score (nSPS) is 19.0. The van der Waals surface area contributed by atoms with E-state index >= 15 is 0 Å². The fourth-order valence-electron chi connectivity index (χ4n) is 13.5. The summed E-state index contributed by atoms with van der Waals surface area (Å²) in [5, 5.41) is 22.4. The second-order valence-electron chi connectivity index (χ2n) is 29.4. The Bertz CT molecular complexity index is 3030. The van der Waals surface area contributed by atoms with Crippen LogP contribution in [-0.4, -0.2) is 233 Å². The smallest absolute Gasteiger partial charge is 0.379 e. The van der Waals surface area contributed by atoms with Gasteiger partial charge in [-0.25, -0.2) is 4.79 Å². The lowest BCUT2D eigenvalue weighted by molar-refractivity contribution is -0.196. The first-order chi connectivity index (χ1) is 47.3. The van der Waals surface area contributed by atoms with Gasteiger partial charge in [0.25, 0.3) is 16.3 Å². The van der Waals surface area contributed by atoms with Gasteiger partial charge < -0.3 is 67.5 Å². The quantitative estimate of drug-likeness (QED) is 0.0338. The van der Waals surface area contributed by atoms with Crippen molar-refractivity contribution in [3.63, 3.8) is 0 Å². The van der Waals surface area contributed by atoms with Crippen molar-refractivity contribution in [2.45, 2.75) is 224 Å². The summed E-state index contributed by atoms with van der Waals surface area (Å²) in [5.41, 5.74) is 6.72. The summed E-state index contributed by atoms with van der Waals surface area (Å²) < 4.78 is 54.7. The van der Waals surface area contributed by atoms with E-state index in [2.05, 4.69) is 47.5 Å².